The number of rotatable bonds is 5. The molecule has 3 heterocycles. The van der Waals surface area contributed by atoms with E-state index in [1.807, 2.05) is 30.5 Å². The van der Waals surface area contributed by atoms with Gasteiger partial charge in [-0.25, -0.2) is 9.18 Å². The molecule has 9 heteroatoms. The fraction of sp³-hybridized carbons (Fsp3) is 0.261. The number of aromatic amines is 1. The molecule has 0 unspecified atom stereocenters. The number of carbonyl (C=O) groups is 3. The number of nitrogens with zero attached hydrogens (tertiary/aromatic N) is 2. The number of halogens is 1. The summed E-state index contributed by atoms with van der Waals surface area (Å²) in [7, 11) is 0. The van der Waals surface area contributed by atoms with E-state index in [2.05, 4.69) is 10.3 Å². The van der Waals surface area contributed by atoms with Gasteiger partial charge in [-0.3, -0.25) is 14.5 Å². The van der Waals surface area contributed by atoms with E-state index >= 15 is 0 Å². The molecule has 0 aliphatic carbocycles. The highest BCUT2D eigenvalue weighted by atomic mass is 32.2. The predicted molar refractivity (Wildman–Crippen MR) is 119 cm³/mol. The minimum Gasteiger partial charge on any atom is -0.361 e. The third-order valence-corrected chi connectivity index (χ3v) is 7.12. The third-order valence-electron chi connectivity index (χ3n) is 5.88. The largest absolute Gasteiger partial charge is 0.361 e. The van der Waals surface area contributed by atoms with Gasteiger partial charge in [0, 0.05) is 41.4 Å². The number of fused-ring (bicyclic) bond motifs is 1. The minimum atomic E-state index is -0.732. The molecule has 32 heavy (non-hydrogen) atoms. The number of nitrogens with one attached hydrogen (secondary N) is 2. The summed E-state index contributed by atoms with van der Waals surface area (Å²) >= 11 is 1.47. The van der Waals surface area contributed by atoms with Crippen LogP contribution in [0.4, 0.5) is 9.18 Å². The number of benzene rings is 2. The Morgan fingerprint density at radius 3 is 2.75 bits per heavy atom. The van der Waals surface area contributed by atoms with Gasteiger partial charge in [0.05, 0.1) is 0 Å². The van der Waals surface area contributed by atoms with Crippen LogP contribution in [0.1, 0.15) is 16.5 Å². The first-order chi connectivity index (χ1) is 15.5. The lowest BCUT2D eigenvalue weighted by Gasteiger charge is -2.26. The van der Waals surface area contributed by atoms with E-state index in [9.17, 15) is 18.8 Å². The molecule has 2 fully saturated rings. The second-order valence-corrected chi connectivity index (χ2v) is 9.01. The summed E-state index contributed by atoms with van der Waals surface area (Å²) in [5.41, 5.74) is 2.30. The van der Waals surface area contributed by atoms with Gasteiger partial charge in [0.15, 0.2) is 0 Å². The second kappa shape index (κ2) is 8.31. The van der Waals surface area contributed by atoms with Crippen molar-refractivity contribution in [2.45, 2.75) is 17.8 Å². The number of urea groups is 1. The number of thioether (sulfide) groups is 1. The van der Waals surface area contributed by atoms with Gasteiger partial charge in [0.1, 0.15) is 23.8 Å². The number of H-pyrrole nitrogens is 1. The smallest absolute Gasteiger partial charge is 0.325 e. The molecule has 0 spiro atoms. The summed E-state index contributed by atoms with van der Waals surface area (Å²) < 4.78 is 14.3. The lowest BCUT2D eigenvalue weighted by atomic mass is 10.1. The Morgan fingerprint density at radius 1 is 1.12 bits per heavy atom. The molecular formula is C23H21FN4O3S. The van der Waals surface area contributed by atoms with Gasteiger partial charge in [-0.1, -0.05) is 36.4 Å². The summed E-state index contributed by atoms with van der Waals surface area (Å²) in [4.78, 5) is 44.1. The third kappa shape index (κ3) is 3.62. The summed E-state index contributed by atoms with van der Waals surface area (Å²) in [6, 6.07) is 12.8. The van der Waals surface area contributed by atoms with Crippen molar-refractivity contribution in [1.29, 1.82) is 0 Å². The molecule has 164 valence electrons. The van der Waals surface area contributed by atoms with Crippen LogP contribution in [0.3, 0.4) is 0 Å². The second-order valence-electron chi connectivity index (χ2n) is 7.82. The number of hydrogen-bond acceptors (Lipinski definition) is 4. The van der Waals surface area contributed by atoms with Crippen LogP contribution in [0.5, 0.6) is 0 Å². The molecule has 2 aromatic carbocycles. The van der Waals surface area contributed by atoms with Crippen molar-refractivity contribution in [1.82, 2.24) is 20.1 Å². The summed E-state index contributed by atoms with van der Waals surface area (Å²) in [6.07, 6.45) is 2.16. The highest BCUT2D eigenvalue weighted by Gasteiger charge is 2.41. The van der Waals surface area contributed by atoms with Crippen LogP contribution in [-0.4, -0.2) is 57.5 Å². The van der Waals surface area contributed by atoms with Crippen molar-refractivity contribution in [3.8, 4) is 0 Å². The van der Waals surface area contributed by atoms with Gasteiger partial charge in [-0.2, -0.15) is 0 Å². The van der Waals surface area contributed by atoms with E-state index in [1.54, 1.807) is 18.2 Å². The average molecular weight is 453 g/mol. The molecule has 1 aromatic heterocycles. The van der Waals surface area contributed by atoms with Crippen LogP contribution < -0.4 is 5.32 Å². The quantitative estimate of drug-likeness (QED) is 0.583. The van der Waals surface area contributed by atoms with Crippen molar-refractivity contribution in [3.05, 3.63) is 71.7 Å². The van der Waals surface area contributed by atoms with Crippen molar-refractivity contribution < 1.29 is 18.8 Å². The Bertz CT molecular complexity index is 1210. The lowest BCUT2D eigenvalue weighted by molar-refractivity contribution is -0.137. The molecule has 2 aliphatic heterocycles. The van der Waals surface area contributed by atoms with Crippen LogP contribution >= 0.6 is 11.8 Å². The molecule has 0 saturated carbocycles. The van der Waals surface area contributed by atoms with Crippen molar-refractivity contribution in [3.63, 3.8) is 0 Å². The Morgan fingerprint density at radius 2 is 1.91 bits per heavy atom. The average Bonchev–Trinajstić information content (AvgIpc) is 3.50. The van der Waals surface area contributed by atoms with Crippen LogP contribution in [-0.2, 0) is 16.0 Å². The maximum atomic E-state index is 14.3. The van der Waals surface area contributed by atoms with E-state index in [4.69, 9.17) is 0 Å². The van der Waals surface area contributed by atoms with E-state index in [0.717, 1.165) is 21.4 Å². The first kappa shape index (κ1) is 20.6. The molecule has 2 N–H and O–H groups in total. The van der Waals surface area contributed by atoms with Crippen LogP contribution in [0, 0.1) is 5.82 Å². The monoisotopic (exact) mass is 452 g/mol. The van der Waals surface area contributed by atoms with Gasteiger partial charge in [-0.05, 0) is 17.7 Å². The fourth-order valence-electron chi connectivity index (χ4n) is 4.27. The molecule has 2 atom stereocenters. The molecule has 5 rings (SSSR count). The van der Waals surface area contributed by atoms with E-state index < -0.39 is 23.4 Å². The first-order valence-corrected chi connectivity index (χ1v) is 11.4. The molecule has 0 bridgehead atoms. The number of para-hydroxylation sites is 1. The zero-order valence-electron chi connectivity index (χ0n) is 17.1. The molecular weight excluding hydrogens is 431 g/mol. The van der Waals surface area contributed by atoms with E-state index in [0.29, 0.717) is 24.3 Å². The molecule has 4 amide bonds. The van der Waals surface area contributed by atoms with Gasteiger partial charge in [0.25, 0.3) is 5.91 Å². The Hall–Kier alpha value is -3.33. The predicted octanol–water partition coefficient (Wildman–Crippen LogP) is 3.04. The molecule has 7 nitrogen and oxygen atoms in total. The summed E-state index contributed by atoms with van der Waals surface area (Å²) in [5, 5.41) is 3.22. The molecule has 0 radical (unpaired) electrons. The first-order valence-electron chi connectivity index (χ1n) is 10.4. The van der Waals surface area contributed by atoms with Crippen molar-refractivity contribution >= 4 is 40.5 Å². The Balaban J connectivity index is 1.29. The fourth-order valence-corrected chi connectivity index (χ4v) is 5.57. The number of amides is 4. The van der Waals surface area contributed by atoms with Crippen molar-refractivity contribution in [2.75, 3.05) is 18.8 Å². The van der Waals surface area contributed by atoms with Gasteiger partial charge in [-0.15, -0.1) is 11.8 Å². The minimum absolute atomic E-state index is 0.330. The molecule has 2 saturated heterocycles. The Labute approximate surface area is 187 Å². The zero-order chi connectivity index (χ0) is 22.2. The Kier molecular flexibility index (Phi) is 5.34. The number of imide groups is 1. The van der Waals surface area contributed by atoms with Crippen LogP contribution in [0.2, 0.25) is 0 Å². The molecule has 3 aromatic rings. The lowest BCUT2D eigenvalue weighted by Crippen LogP contribution is -2.43. The summed E-state index contributed by atoms with van der Waals surface area (Å²) in [6.45, 7) is 0.0749. The standard InChI is InChI=1S/C23H21FN4O3S/c24-17-7-3-1-6-16(17)22-27(9-10-32-22)20(29)13-28-21(30)19(26-23(28)31)11-14-12-25-18-8-4-2-5-15(14)18/h1-8,12,19,22,25H,9-11,13H2,(H,26,31)/t19-,22-/m1/s1. The van der Waals surface area contributed by atoms with Gasteiger partial charge >= 0.3 is 6.03 Å². The van der Waals surface area contributed by atoms with E-state index in [1.165, 1.54) is 22.7 Å². The highest BCUT2D eigenvalue weighted by molar-refractivity contribution is 7.99. The molecule has 2 aliphatic rings. The van der Waals surface area contributed by atoms with Crippen molar-refractivity contribution in [2.24, 2.45) is 0 Å². The normalized spacial score (nSPS) is 20.9. The maximum Gasteiger partial charge on any atom is 0.325 e. The van der Waals surface area contributed by atoms with Gasteiger partial charge in [0.2, 0.25) is 5.91 Å². The van der Waals surface area contributed by atoms with Gasteiger partial charge < -0.3 is 15.2 Å². The highest BCUT2D eigenvalue weighted by Crippen LogP contribution is 2.39. The summed E-state index contributed by atoms with van der Waals surface area (Å²) in [5.74, 6) is -0.519. The maximum absolute atomic E-state index is 14.3. The van der Waals surface area contributed by atoms with Crippen LogP contribution in [0.15, 0.2) is 54.7 Å². The number of carbonyl (C=O) groups excluding carboxylic acids is 3. The van der Waals surface area contributed by atoms with Crippen LogP contribution in [0.25, 0.3) is 10.9 Å². The topological polar surface area (TPSA) is 85.5 Å². The SMILES string of the molecule is O=C1N[C@H](Cc2c[nH]c3ccccc23)C(=O)N1CC(=O)N1CCS[C@@H]1c1ccccc1F. The number of aromatic nitrogens is 1. The van der Waals surface area contributed by atoms with E-state index in [-0.39, 0.29) is 18.3 Å². The zero-order valence-corrected chi connectivity index (χ0v) is 17.9. The number of hydrogen-bond donors (Lipinski definition) is 2.